The van der Waals surface area contributed by atoms with Crippen LogP contribution in [0.1, 0.15) is 60.8 Å². The van der Waals surface area contributed by atoms with Gasteiger partial charge < -0.3 is 14.8 Å². The summed E-state index contributed by atoms with van der Waals surface area (Å²) in [7, 11) is 1.65. The zero-order valence-corrected chi connectivity index (χ0v) is 22.1. The summed E-state index contributed by atoms with van der Waals surface area (Å²) in [5.41, 5.74) is 6.96. The molecule has 0 amide bonds. The van der Waals surface area contributed by atoms with E-state index in [0.29, 0.717) is 24.0 Å². The summed E-state index contributed by atoms with van der Waals surface area (Å²) in [6.07, 6.45) is 2.01. The first-order valence-electron chi connectivity index (χ1n) is 13.2. The molecular formula is C33H33NO4. The first kappa shape index (κ1) is 25.5. The van der Waals surface area contributed by atoms with E-state index < -0.39 is 11.9 Å². The summed E-state index contributed by atoms with van der Waals surface area (Å²) in [6, 6.07) is 25.8. The van der Waals surface area contributed by atoms with E-state index in [1.807, 2.05) is 73.7 Å². The number of carbonyl (C=O) groups is 2. The van der Waals surface area contributed by atoms with E-state index in [-0.39, 0.29) is 18.3 Å². The highest BCUT2D eigenvalue weighted by Gasteiger charge is 2.41. The molecule has 1 N–H and O–H groups in total. The molecule has 0 radical (unpaired) electrons. The number of ether oxygens (including phenoxy) is 2. The number of rotatable bonds is 7. The summed E-state index contributed by atoms with van der Waals surface area (Å²) >= 11 is 0. The van der Waals surface area contributed by atoms with Crippen molar-refractivity contribution in [1.29, 1.82) is 0 Å². The van der Waals surface area contributed by atoms with E-state index in [0.717, 1.165) is 40.3 Å². The second-order valence-electron chi connectivity index (χ2n) is 9.95. The topological polar surface area (TPSA) is 64.6 Å². The summed E-state index contributed by atoms with van der Waals surface area (Å²) in [6.45, 7) is 4.19. The number of nitrogens with one attached hydrogen (secondary N) is 1. The molecule has 2 atom stereocenters. The molecule has 0 saturated heterocycles. The lowest BCUT2D eigenvalue weighted by molar-refractivity contribution is -0.140. The first-order chi connectivity index (χ1) is 18.5. The fourth-order valence-electron chi connectivity index (χ4n) is 5.50. The lowest BCUT2D eigenvalue weighted by Gasteiger charge is -2.36. The molecule has 0 saturated carbocycles. The van der Waals surface area contributed by atoms with Crippen LogP contribution >= 0.6 is 0 Å². The van der Waals surface area contributed by atoms with Gasteiger partial charge in [-0.1, -0.05) is 73.7 Å². The van der Waals surface area contributed by atoms with Crippen molar-refractivity contribution in [2.45, 2.75) is 51.6 Å². The Hall–Kier alpha value is -4.12. The maximum Gasteiger partial charge on any atom is 0.337 e. The van der Waals surface area contributed by atoms with E-state index >= 15 is 0 Å². The molecule has 0 aromatic heterocycles. The highest BCUT2D eigenvalue weighted by molar-refractivity contribution is 6.04. The summed E-state index contributed by atoms with van der Waals surface area (Å²) < 4.78 is 11.1. The number of hydrogen-bond acceptors (Lipinski definition) is 5. The molecule has 1 aliphatic heterocycles. The van der Waals surface area contributed by atoms with Gasteiger partial charge in [-0.15, -0.1) is 0 Å². The molecule has 5 nitrogen and oxygen atoms in total. The third-order valence-electron chi connectivity index (χ3n) is 7.57. The second kappa shape index (κ2) is 11.1. The summed E-state index contributed by atoms with van der Waals surface area (Å²) in [5.74, 6) is 0.0385. The van der Waals surface area contributed by atoms with Crippen LogP contribution in [0.2, 0.25) is 0 Å². The molecule has 1 aliphatic carbocycles. The highest BCUT2D eigenvalue weighted by atomic mass is 16.5. The normalized spacial score (nSPS) is 19.1. The van der Waals surface area contributed by atoms with Gasteiger partial charge >= 0.3 is 5.97 Å². The minimum absolute atomic E-state index is 0.0576. The van der Waals surface area contributed by atoms with E-state index in [1.54, 1.807) is 7.11 Å². The van der Waals surface area contributed by atoms with Gasteiger partial charge in [-0.3, -0.25) is 4.79 Å². The Balaban J connectivity index is 1.50. The Labute approximate surface area is 224 Å². The van der Waals surface area contributed by atoms with Crippen molar-refractivity contribution in [3.63, 3.8) is 0 Å². The number of allylic oxidation sites excluding steroid dienone is 3. The standard InChI is InChI=1S/C33H33NO4/c1-4-22-10-12-25(13-11-22)31-30(33(36)38-20-23-8-6-5-7-9-23)21(2)34-28-18-26(19-29(35)32(28)31)24-14-16-27(37-3)17-15-24/h5-17,26,31,34H,4,18-20H2,1-3H3. The lowest BCUT2D eigenvalue weighted by Crippen LogP contribution is -2.36. The number of Topliss-reactive ketones (excluding diaryl/α,β-unsaturated/α-hetero) is 1. The fraction of sp³-hybridized carbons (Fsp3) is 0.273. The van der Waals surface area contributed by atoms with Gasteiger partial charge in [0.1, 0.15) is 12.4 Å². The molecule has 2 unspecified atom stereocenters. The largest absolute Gasteiger partial charge is 0.497 e. The molecule has 3 aromatic carbocycles. The predicted molar refractivity (Wildman–Crippen MR) is 148 cm³/mol. The van der Waals surface area contributed by atoms with Crippen LogP contribution in [-0.2, 0) is 27.4 Å². The molecule has 38 heavy (non-hydrogen) atoms. The van der Waals surface area contributed by atoms with Crippen LogP contribution in [0.5, 0.6) is 5.75 Å². The van der Waals surface area contributed by atoms with Crippen LogP contribution in [0.25, 0.3) is 0 Å². The Morgan fingerprint density at radius 2 is 1.58 bits per heavy atom. The minimum atomic E-state index is -0.468. The predicted octanol–water partition coefficient (Wildman–Crippen LogP) is 6.36. The maximum atomic E-state index is 13.8. The molecule has 1 heterocycles. The van der Waals surface area contributed by atoms with Crippen molar-refractivity contribution >= 4 is 11.8 Å². The number of methoxy groups -OCH3 is 1. The van der Waals surface area contributed by atoms with Crippen molar-refractivity contribution in [3.8, 4) is 5.75 Å². The third-order valence-corrected chi connectivity index (χ3v) is 7.57. The number of aryl methyl sites for hydroxylation is 1. The van der Waals surface area contributed by atoms with Gasteiger partial charge in [-0.25, -0.2) is 4.79 Å². The van der Waals surface area contributed by atoms with Gasteiger partial charge in [-0.2, -0.15) is 0 Å². The number of benzene rings is 3. The molecule has 2 aliphatic rings. The highest BCUT2D eigenvalue weighted by Crippen LogP contribution is 2.46. The molecule has 0 spiro atoms. The Morgan fingerprint density at radius 1 is 0.895 bits per heavy atom. The van der Waals surface area contributed by atoms with Crippen molar-refractivity contribution in [2.24, 2.45) is 0 Å². The fourth-order valence-corrected chi connectivity index (χ4v) is 5.50. The van der Waals surface area contributed by atoms with E-state index in [9.17, 15) is 9.59 Å². The van der Waals surface area contributed by atoms with Crippen molar-refractivity contribution in [1.82, 2.24) is 5.32 Å². The van der Waals surface area contributed by atoms with Gasteiger partial charge in [0.25, 0.3) is 0 Å². The van der Waals surface area contributed by atoms with E-state index in [2.05, 4.69) is 24.4 Å². The van der Waals surface area contributed by atoms with Crippen molar-refractivity contribution in [3.05, 3.63) is 124 Å². The first-order valence-corrected chi connectivity index (χ1v) is 13.2. The maximum absolute atomic E-state index is 13.8. The van der Waals surface area contributed by atoms with Crippen LogP contribution in [-0.4, -0.2) is 18.9 Å². The molecule has 0 bridgehead atoms. The average Bonchev–Trinajstić information content (AvgIpc) is 2.95. The quantitative estimate of drug-likeness (QED) is 0.377. The van der Waals surface area contributed by atoms with Crippen LogP contribution in [0.4, 0.5) is 0 Å². The monoisotopic (exact) mass is 507 g/mol. The third kappa shape index (κ3) is 5.14. The molecular weight excluding hydrogens is 474 g/mol. The Morgan fingerprint density at radius 3 is 2.24 bits per heavy atom. The van der Waals surface area contributed by atoms with Gasteiger partial charge in [0.2, 0.25) is 0 Å². The number of ketones is 1. The van der Waals surface area contributed by atoms with Crippen LogP contribution < -0.4 is 10.1 Å². The summed E-state index contributed by atoms with van der Waals surface area (Å²) in [5, 5.41) is 3.44. The molecule has 5 rings (SSSR count). The summed E-state index contributed by atoms with van der Waals surface area (Å²) in [4.78, 5) is 27.3. The average molecular weight is 508 g/mol. The zero-order chi connectivity index (χ0) is 26.6. The molecule has 5 heteroatoms. The van der Waals surface area contributed by atoms with Crippen molar-refractivity contribution in [2.75, 3.05) is 7.11 Å². The van der Waals surface area contributed by atoms with Crippen LogP contribution in [0, 0.1) is 0 Å². The Bertz CT molecular complexity index is 1390. The van der Waals surface area contributed by atoms with E-state index in [1.165, 1.54) is 5.56 Å². The van der Waals surface area contributed by atoms with Gasteiger partial charge in [0.05, 0.1) is 12.7 Å². The van der Waals surface area contributed by atoms with Crippen LogP contribution in [0.3, 0.4) is 0 Å². The van der Waals surface area contributed by atoms with Crippen molar-refractivity contribution < 1.29 is 19.1 Å². The lowest BCUT2D eigenvalue weighted by atomic mass is 9.71. The second-order valence-corrected chi connectivity index (χ2v) is 9.95. The van der Waals surface area contributed by atoms with Crippen LogP contribution in [0.15, 0.2) is 101 Å². The number of dihydropyridines is 1. The number of carbonyl (C=O) groups excluding carboxylic acids is 2. The number of hydrogen-bond donors (Lipinski definition) is 1. The minimum Gasteiger partial charge on any atom is -0.497 e. The Kier molecular flexibility index (Phi) is 7.45. The van der Waals surface area contributed by atoms with Gasteiger partial charge in [0.15, 0.2) is 5.78 Å². The SMILES string of the molecule is CCc1ccc(C2C(C(=O)OCc3ccccc3)=C(C)NC3=C2C(=O)CC(c2ccc(OC)cc2)C3)cc1. The molecule has 3 aromatic rings. The zero-order valence-electron chi connectivity index (χ0n) is 22.1. The molecule has 194 valence electrons. The van der Waals surface area contributed by atoms with Gasteiger partial charge in [0, 0.05) is 29.3 Å². The van der Waals surface area contributed by atoms with E-state index in [4.69, 9.17) is 9.47 Å². The number of esters is 1. The smallest absolute Gasteiger partial charge is 0.337 e. The van der Waals surface area contributed by atoms with Gasteiger partial charge in [-0.05, 0) is 60.1 Å². The molecule has 0 fully saturated rings.